The van der Waals surface area contributed by atoms with Crippen LogP contribution in [0.2, 0.25) is 0 Å². The number of rotatable bonds is 2. The lowest BCUT2D eigenvalue weighted by molar-refractivity contribution is 0.428. The number of fused-ring (bicyclic) bond motifs is 1. The van der Waals surface area contributed by atoms with E-state index in [-0.39, 0.29) is 11.4 Å². The Labute approximate surface area is 108 Å². The number of benzene rings is 1. The van der Waals surface area contributed by atoms with Crippen molar-refractivity contribution < 1.29 is 5.11 Å². The first-order valence-corrected chi connectivity index (χ1v) is 6.73. The van der Waals surface area contributed by atoms with Gasteiger partial charge >= 0.3 is 0 Å². The van der Waals surface area contributed by atoms with Crippen molar-refractivity contribution >= 4 is 11.8 Å². The summed E-state index contributed by atoms with van der Waals surface area (Å²) >= 11 is 1.50. The van der Waals surface area contributed by atoms with Gasteiger partial charge in [-0.3, -0.25) is 9.36 Å². The molecule has 1 N–H and O–H groups in total. The Hall–Kier alpha value is -1.75. The number of aromatic nitrogens is 2. The molecule has 1 aromatic heterocycles. The third-order valence-corrected chi connectivity index (χ3v) is 3.93. The van der Waals surface area contributed by atoms with Crippen LogP contribution < -0.4 is 5.56 Å². The van der Waals surface area contributed by atoms with Crippen LogP contribution in [-0.2, 0) is 13.0 Å². The minimum absolute atomic E-state index is 0.119. The molecule has 0 atom stereocenters. The zero-order valence-electron chi connectivity index (χ0n) is 9.67. The second-order valence-corrected chi connectivity index (χ2v) is 5.23. The summed E-state index contributed by atoms with van der Waals surface area (Å²) in [5, 5.41) is 10.5. The average Bonchev–Trinajstić information content (AvgIpc) is 2.84. The summed E-state index contributed by atoms with van der Waals surface area (Å²) in [6.07, 6.45) is 0.420. The molecule has 0 fully saturated rings. The Morgan fingerprint density at radius 1 is 1.33 bits per heavy atom. The lowest BCUT2D eigenvalue weighted by Crippen LogP contribution is -2.24. The van der Waals surface area contributed by atoms with Crippen LogP contribution in [0.4, 0.5) is 0 Å². The van der Waals surface area contributed by atoms with Gasteiger partial charge in [0.15, 0.2) is 5.16 Å². The van der Waals surface area contributed by atoms with E-state index in [2.05, 4.69) is 4.98 Å². The fourth-order valence-corrected chi connectivity index (χ4v) is 2.99. The van der Waals surface area contributed by atoms with E-state index in [1.165, 1.54) is 11.8 Å². The van der Waals surface area contributed by atoms with Crippen molar-refractivity contribution in [1.82, 2.24) is 9.55 Å². The van der Waals surface area contributed by atoms with Gasteiger partial charge in [-0.05, 0) is 5.56 Å². The monoisotopic (exact) mass is 260 g/mol. The summed E-state index contributed by atoms with van der Waals surface area (Å²) in [6.45, 7) is 0.675. The highest BCUT2D eigenvalue weighted by molar-refractivity contribution is 7.99. The number of nitrogens with zero attached hydrogens (tertiary/aromatic N) is 2. The minimum Gasteiger partial charge on any atom is -0.493 e. The van der Waals surface area contributed by atoms with E-state index in [0.29, 0.717) is 23.7 Å². The summed E-state index contributed by atoms with van der Waals surface area (Å²) < 4.78 is 1.64. The first-order valence-electron chi connectivity index (χ1n) is 5.75. The van der Waals surface area contributed by atoms with Crippen molar-refractivity contribution in [3.05, 3.63) is 51.8 Å². The molecule has 0 radical (unpaired) electrons. The normalized spacial score (nSPS) is 13.6. The van der Waals surface area contributed by atoms with Gasteiger partial charge in [-0.25, -0.2) is 0 Å². The molecular weight excluding hydrogens is 248 g/mol. The molecule has 4 nitrogen and oxygen atoms in total. The molecule has 0 spiro atoms. The fraction of sp³-hybridized carbons (Fsp3) is 0.231. The molecule has 5 heteroatoms. The summed E-state index contributed by atoms with van der Waals surface area (Å²) in [5.41, 5.74) is 1.26. The molecule has 3 rings (SSSR count). The van der Waals surface area contributed by atoms with Gasteiger partial charge in [0.05, 0.1) is 5.56 Å². The topological polar surface area (TPSA) is 55.1 Å². The van der Waals surface area contributed by atoms with E-state index < -0.39 is 0 Å². The Kier molecular flexibility index (Phi) is 2.83. The highest BCUT2D eigenvalue weighted by Gasteiger charge is 2.20. The standard InChI is InChI=1S/C13H12N2O2S/c16-11-10(8-9-4-2-1-3-5-9)12(17)15-6-7-18-13(15)14-11/h1-5,16H,6-8H2. The molecule has 0 saturated heterocycles. The molecule has 18 heavy (non-hydrogen) atoms. The molecule has 2 aromatic rings. The summed E-state index contributed by atoms with van der Waals surface area (Å²) in [7, 11) is 0. The van der Waals surface area contributed by atoms with E-state index in [1.807, 2.05) is 30.3 Å². The van der Waals surface area contributed by atoms with Crippen LogP contribution in [0, 0.1) is 0 Å². The zero-order valence-corrected chi connectivity index (χ0v) is 10.5. The smallest absolute Gasteiger partial charge is 0.261 e. The number of thioether (sulfide) groups is 1. The molecule has 2 heterocycles. The molecule has 0 saturated carbocycles. The predicted molar refractivity (Wildman–Crippen MR) is 70.1 cm³/mol. The van der Waals surface area contributed by atoms with Crippen molar-refractivity contribution in [2.75, 3.05) is 5.75 Å². The molecule has 0 unspecified atom stereocenters. The second kappa shape index (κ2) is 4.49. The molecule has 0 aliphatic carbocycles. The van der Waals surface area contributed by atoms with Gasteiger partial charge in [0, 0.05) is 18.7 Å². The van der Waals surface area contributed by atoms with E-state index in [1.54, 1.807) is 4.57 Å². The van der Waals surface area contributed by atoms with Crippen molar-refractivity contribution in [3.8, 4) is 5.88 Å². The fourth-order valence-electron chi connectivity index (χ4n) is 2.05. The zero-order chi connectivity index (χ0) is 12.5. The molecule has 1 aromatic carbocycles. The quantitative estimate of drug-likeness (QED) is 0.834. The highest BCUT2D eigenvalue weighted by Crippen LogP contribution is 2.25. The predicted octanol–water partition coefficient (Wildman–Crippen LogP) is 1.65. The molecule has 1 aliphatic rings. The largest absolute Gasteiger partial charge is 0.493 e. The van der Waals surface area contributed by atoms with Crippen LogP contribution in [0.1, 0.15) is 11.1 Å². The first-order chi connectivity index (χ1) is 8.75. The molecule has 0 amide bonds. The van der Waals surface area contributed by atoms with Crippen LogP contribution in [0.5, 0.6) is 5.88 Å². The van der Waals surface area contributed by atoms with Gasteiger partial charge in [-0.15, -0.1) is 0 Å². The second-order valence-electron chi connectivity index (χ2n) is 4.16. The number of hydrogen-bond acceptors (Lipinski definition) is 4. The lowest BCUT2D eigenvalue weighted by Gasteiger charge is -2.07. The van der Waals surface area contributed by atoms with Crippen LogP contribution in [0.3, 0.4) is 0 Å². The van der Waals surface area contributed by atoms with Crippen LogP contribution >= 0.6 is 11.8 Å². The highest BCUT2D eigenvalue weighted by atomic mass is 32.2. The molecule has 92 valence electrons. The molecule has 1 aliphatic heterocycles. The van der Waals surface area contributed by atoms with Crippen LogP contribution in [-0.4, -0.2) is 20.4 Å². The van der Waals surface area contributed by atoms with Gasteiger partial charge < -0.3 is 5.11 Å². The van der Waals surface area contributed by atoms with E-state index in [4.69, 9.17) is 0 Å². The first kappa shape index (κ1) is 11.3. The Morgan fingerprint density at radius 3 is 2.89 bits per heavy atom. The van der Waals surface area contributed by atoms with Crippen LogP contribution in [0.25, 0.3) is 0 Å². The Balaban J connectivity index is 2.05. The van der Waals surface area contributed by atoms with E-state index in [0.717, 1.165) is 11.3 Å². The summed E-state index contributed by atoms with van der Waals surface area (Å²) in [6, 6.07) is 9.63. The maximum absolute atomic E-state index is 12.2. The summed E-state index contributed by atoms with van der Waals surface area (Å²) in [5.74, 6) is 0.709. The minimum atomic E-state index is -0.135. The van der Waals surface area contributed by atoms with Gasteiger partial charge in [0.1, 0.15) is 0 Å². The van der Waals surface area contributed by atoms with Crippen molar-refractivity contribution in [2.45, 2.75) is 18.1 Å². The SMILES string of the molecule is O=c1c(Cc2ccccc2)c(O)nc2n1CCS2. The van der Waals surface area contributed by atoms with Gasteiger partial charge in [0.25, 0.3) is 5.56 Å². The maximum Gasteiger partial charge on any atom is 0.261 e. The van der Waals surface area contributed by atoms with Crippen LogP contribution in [0.15, 0.2) is 40.3 Å². The Morgan fingerprint density at radius 2 is 2.11 bits per heavy atom. The van der Waals surface area contributed by atoms with E-state index in [9.17, 15) is 9.90 Å². The summed E-state index contributed by atoms with van der Waals surface area (Å²) in [4.78, 5) is 16.3. The number of aromatic hydroxyl groups is 1. The third kappa shape index (κ3) is 1.90. The van der Waals surface area contributed by atoms with E-state index >= 15 is 0 Å². The maximum atomic E-state index is 12.2. The molecule has 0 bridgehead atoms. The lowest BCUT2D eigenvalue weighted by atomic mass is 10.1. The van der Waals surface area contributed by atoms with Crippen molar-refractivity contribution in [3.63, 3.8) is 0 Å². The van der Waals surface area contributed by atoms with Gasteiger partial charge in [-0.1, -0.05) is 42.1 Å². The number of hydrogen-bond donors (Lipinski definition) is 1. The Bertz CT molecular complexity index is 637. The average molecular weight is 260 g/mol. The molecular formula is C13H12N2O2S. The van der Waals surface area contributed by atoms with Gasteiger partial charge in [-0.2, -0.15) is 4.98 Å². The van der Waals surface area contributed by atoms with Crippen molar-refractivity contribution in [1.29, 1.82) is 0 Å². The van der Waals surface area contributed by atoms with Crippen molar-refractivity contribution in [2.24, 2.45) is 0 Å². The van der Waals surface area contributed by atoms with Gasteiger partial charge in [0.2, 0.25) is 5.88 Å². The third-order valence-electron chi connectivity index (χ3n) is 2.98.